The van der Waals surface area contributed by atoms with Gasteiger partial charge in [0.25, 0.3) is 0 Å². The number of hydrogen-bond acceptors (Lipinski definition) is 4. The summed E-state index contributed by atoms with van der Waals surface area (Å²) in [6, 6.07) is 2.70. The van der Waals surface area contributed by atoms with Crippen LogP contribution in [-0.2, 0) is 0 Å². The van der Waals surface area contributed by atoms with Crippen LogP contribution in [-0.4, -0.2) is 29.8 Å². The molecule has 0 aromatic heterocycles. The fourth-order valence-electron chi connectivity index (χ4n) is 1.24. The normalized spacial score (nSPS) is 10.5. The highest BCUT2D eigenvalue weighted by Gasteiger charge is 2.05. The van der Waals surface area contributed by atoms with Gasteiger partial charge in [0.1, 0.15) is 5.82 Å². The number of aliphatic hydroxyl groups excluding tert-OH is 1. The standard InChI is InChI=1S/C11H16ClFN2OS/c12-8-6-11(10(14)7-9(8)13)15-2-5-17-4-1-3-16/h6-7,15-16H,1-5,14H2. The number of benzene rings is 1. The van der Waals surface area contributed by atoms with E-state index in [1.165, 1.54) is 12.1 Å². The van der Waals surface area contributed by atoms with Gasteiger partial charge in [-0.2, -0.15) is 11.8 Å². The fraction of sp³-hybridized carbons (Fsp3) is 0.455. The lowest BCUT2D eigenvalue weighted by molar-refractivity contribution is 0.296. The number of hydrogen-bond donors (Lipinski definition) is 3. The van der Waals surface area contributed by atoms with E-state index in [4.69, 9.17) is 22.4 Å². The predicted octanol–water partition coefficient (Wildman–Crippen LogP) is 2.59. The van der Waals surface area contributed by atoms with E-state index in [-0.39, 0.29) is 11.6 Å². The molecule has 3 nitrogen and oxygen atoms in total. The number of rotatable bonds is 7. The zero-order chi connectivity index (χ0) is 12.7. The van der Waals surface area contributed by atoms with Gasteiger partial charge >= 0.3 is 0 Å². The highest BCUT2D eigenvalue weighted by Crippen LogP contribution is 2.26. The van der Waals surface area contributed by atoms with Gasteiger partial charge in [-0.3, -0.25) is 0 Å². The number of anilines is 2. The summed E-state index contributed by atoms with van der Waals surface area (Å²) in [5, 5.41) is 11.8. The molecular weight excluding hydrogens is 263 g/mol. The van der Waals surface area contributed by atoms with Crippen molar-refractivity contribution in [3.05, 3.63) is 23.0 Å². The molecule has 0 atom stereocenters. The molecule has 0 aliphatic heterocycles. The summed E-state index contributed by atoms with van der Waals surface area (Å²) >= 11 is 7.40. The van der Waals surface area contributed by atoms with Crippen LogP contribution in [0.4, 0.5) is 15.8 Å². The van der Waals surface area contributed by atoms with Gasteiger partial charge < -0.3 is 16.2 Å². The van der Waals surface area contributed by atoms with Crippen molar-refractivity contribution in [2.45, 2.75) is 6.42 Å². The summed E-state index contributed by atoms with van der Waals surface area (Å²) < 4.78 is 13.0. The first-order valence-corrected chi connectivity index (χ1v) is 6.85. The average molecular weight is 279 g/mol. The van der Waals surface area contributed by atoms with E-state index in [9.17, 15) is 4.39 Å². The van der Waals surface area contributed by atoms with Crippen LogP contribution in [0.3, 0.4) is 0 Å². The van der Waals surface area contributed by atoms with E-state index >= 15 is 0 Å². The van der Waals surface area contributed by atoms with Crippen molar-refractivity contribution in [1.29, 1.82) is 0 Å². The summed E-state index contributed by atoms with van der Waals surface area (Å²) in [5.74, 6) is 1.32. The molecule has 0 aliphatic rings. The quantitative estimate of drug-likeness (QED) is 0.530. The van der Waals surface area contributed by atoms with Gasteiger partial charge in [0, 0.05) is 25.0 Å². The summed E-state index contributed by atoms with van der Waals surface area (Å²) in [6.45, 7) is 0.948. The Morgan fingerprint density at radius 2 is 2.18 bits per heavy atom. The molecule has 0 fully saturated rings. The number of halogens is 2. The SMILES string of the molecule is Nc1cc(F)c(Cl)cc1NCCSCCCO. The molecule has 0 heterocycles. The first kappa shape index (κ1) is 14.4. The largest absolute Gasteiger partial charge is 0.397 e. The van der Waals surface area contributed by atoms with Crippen molar-refractivity contribution >= 4 is 34.7 Å². The highest BCUT2D eigenvalue weighted by molar-refractivity contribution is 7.99. The summed E-state index contributed by atoms with van der Waals surface area (Å²) in [6.07, 6.45) is 0.801. The van der Waals surface area contributed by atoms with Gasteiger partial charge in [-0.1, -0.05) is 11.6 Å². The van der Waals surface area contributed by atoms with Crippen molar-refractivity contribution in [1.82, 2.24) is 0 Å². The van der Waals surface area contributed by atoms with Crippen molar-refractivity contribution in [3.8, 4) is 0 Å². The number of nitrogens with two attached hydrogens (primary N) is 1. The first-order valence-electron chi connectivity index (χ1n) is 5.32. The molecule has 0 bridgehead atoms. The van der Waals surface area contributed by atoms with E-state index in [1.54, 1.807) is 11.8 Å². The second-order valence-corrected chi connectivity index (χ2v) is 5.10. The van der Waals surface area contributed by atoms with Crippen LogP contribution >= 0.6 is 23.4 Å². The van der Waals surface area contributed by atoms with E-state index < -0.39 is 5.82 Å². The Morgan fingerprint density at radius 3 is 2.88 bits per heavy atom. The molecule has 0 saturated carbocycles. The Hall–Kier alpha value is -0.650. The molecule has 0 spiro atoms. The first-order chi connectivity index (χ1) is 8.15. The van der Waals surface area contributed by atoms with Crippen molar-refractivity contribution < 1.29 is 9.50 Å². The maximum atomic E-state index is 13.0. The van der Waals surface area contributed by atoms with Crippen LogP contribution in [0.15, 0.2) is 12.1 Å². The maximum Gasteiger partial charge on any atom is 0.143 e. The Morgan fingerprint density at radius 1 is 1.41 bits per heavy atom. The van der Waals surface area contributed by atoms with E-state index in [0.29, 0.717) is 11.4 Å². The minimum atomic E-state index is -0.507. The molecule has 96 valence electrons. The molecule has 0 amide bonds. The lowest BCUT2D eigenvalue weighted by atomic mass is 10.2. The van der Waals surface area contributed by atoms with Crippen molar-refractivity contribution in [2.75, 3.05) is 35.7 Å². The van der Waals surface area contributed by atoms with Gasteiger partial charge in [-0.15, -0.1) is 0 Å². The Bertz CT molecular complexity index is 366. The van der Waals surface area contributed by atoms with Gasteiger partial charge in [0.2, 0.25) is 0 Å². The Labute approximate surface area is 110 Å². The minimum Gasteiger partial charge on any atom is -0.397 e. The van der Waals surface area contributed by atoms with Crippen molar-refractivity contribution in [3.63, 3.8) is 0 Å². The van der Waals surface area contributed by atoms with E-state index in [0.717, 1.165) is 24.5 Å². The van der Waals surface area contributed by atoms with Gasteiger partial charge in [-0.25, -0.2) is 4.39 Å². The molecular formula is C11H16ClFN2OS. The average Bonchev–Trinajstić information content (AvgIpc) is 2.30. The fourth-order valence-corrected chi connectivity index (χ4v) is 2.19. The molecule has 17 heavy (non-hydrogen) atoms. The van der Waals surface area contributed by atoms with Gasteiger partial charge in [0.15, 0.2) is 0 Å². The zero-order valence-electron chi connectivity index (χ0n) is 9.38. The monoisotopic (exact) mass is 278 g/mol. The third kappa shape index (κ3) is 5.02. The molecule has 4 N–H and O–H groups in total. The second kappa shape index (κ2) is 7.63. The molecule has 1 aromatic rings. The topological polar surface area (TPSA) is 58.3 Å². The lowest BCUT2D eigenvalue weighted by Crippen LogP contribution is -2.07. The molecule has 1 aromatic carbocycles. The third-order valence-corrected chi connectivity index (χ3v) is 3.46. The van der Waals surface area contributed by atoms with Crippen LogP contribution in [0.1, 0.15) is 6.42 Å². The lowest BCUT2D eigenvalue weighted by Gasteiger charge is -2.10. The molecule has 0 aliphatic carbocycles. The van der Waals surface area contributed by atoms with Crippen LogP contribution in [0.5, 0.6) is 0 Å². The van der Waals surface area contributed by atoms with Crippen LogP contribution in [0.2, 0.25) is 5.02 Å². The smallest absolute Gasteiger partial charge is 0.143 e. The minimum absolute atomic E-state index is 0.0645. The summed E-state index contributed by atoms with van der Waals surface area (Å²) in [5.41, 5.74) is 6.66. The Balaban J connectivity index is 2.34. The van der Waals surface area contributed by atoms with E-state index in [1.807, 2.05) is 0 Å². The van der Waals surface area contributed by atoms with E-state index in [2.05, 4.69) is 5.32 Å². The Kier molecular flexibility index (Phi) is 6.47. The third-order valence-electron chi connectivity index (χ3n) is 2.10. The maximum absolute atomic E-state index is 13.0. The number of aliphatic hydroxyl groups is 1. The second-order valence-electron chi connectivity index (χ2n) is 3.47. The van der Waals surface area contributed by atoms with Crippen LogP contribution < -0.4 is 11.1 Å². The molecule has 6 heteroatoms. The number of thioether (sulfide) groups is 1. The van der Waals surface area contributed by atoms with Crippen LogP contribution in [0.25, 0.3) is 0 Å². The molecule has 0 radical (unpaired) electrons. The van der Waals surface area contributed by atoms with Crippen molar-refractivity contribution in [2.24, 2.45) is 0 Å². The van der Waals surface area contributed by atoms with Gasteiger partial charge in [-0.05, 0) is 18.2 Å². The van der Waals surface area contributed by atoms with Crippen LogP contribution in [0, 0.1) is 5.82 Å². The summed E-state index contributed by atoms with van der Waals surface area (Å²) in [7, 11) is 0. The summed E-state index contributed by atoms with van der Waals surface area (Å²) in [4.78, 5) is 0. The highest BCUT2D eigenvalue weighted by atomic mass is 35.5. The molecule has 0 unspecified atom stereocenters. The van der Waals surface area contributed by atoms with Gasteiger partial charge in [0.05, 0.1) is 16.4 Å². The number of nitrogens with one attached hydrogen (secondary N) is 1. The number of nitrogen functional groups attached to an aromatic ring is 1. The molecule has 0 saturated heterocycles. The zero-order valence-corrected chi connectivity index (χ0v) is 11.0. The molecule has 1 rings (SSSR count). The predicted molar refractivity (Wildman–Crippen MR) is 73.3 cm³/mol.